The van der Waals surface area contributed by atoms with E-state index in [0.29, 0.717) is 5.00 Å². The van der Waals surface area contributed by atoms with E-state index in [1.54, 1.807) is 35.6 Å². The highest BCUT2D eigenvalue weighted by atomic mass is 32.2. The molecule has 0 radical (unpaired) electrons. The van der Waals surface area contributed by atoms with Gasteiger partial charge < -0.3 is 5.32 Å². The van der Waals surface area contributed by atoms with Crippen LogP contribution in [-0.2, 0) is 14.6 Å². The van der Waals surface area contributed by atoms with Gasteiger partial charge in [-0.1, -0.05) is 29.8 Å². The largest absolute Gasteiger partial charge is 0.317 e. The molecule has 0 saturated heterocycles. The molecule has 160 valence electrons. The fraction of sp³-hybridized carbons (Fsp3) is 0.217. The highest BCUT2D eigenvalue weighted by Crippen LogP contribution is 2.43. The summed E-state index contributed by atoms with van der Waals surface area (Å²) < 4.78 is 26.2. The van der Waals surface area contributed by atoms with Crippen LogP contribution in [0.1, 0.15) is 22.4 Å². The van der Waals surface area contributed by atoms with E-state index in [4.69, 9.17) is 4.98 Å². The van der Waals surface area contributed by atoms with Crippen molar-refractivity contribution in [3.05, 3.63) is 64.5 Å². The Balaban J connectivity index is 1.53. The lowest BCUT2D eigenvalue weighted by Gasteiger charge is -2.07. The van der Waals surface area contributed by atoms with Crippen LogP contribution in [0, 0.1) is 20.8 Å². The Morgan fingerprint density at radius 1 is 1.00 bits per heavy atom. The highest BCUT2D eigenvalue weighted by molar-refractivity contribution is 7.91. The number of hydrogen-bond donors (Lipinski definition) is 1. The van der Waals surface area contributed by atoms with Crippen LogP contribution in [0.3, 0.4) is 0 Å². The lowest BCUT2D eigenvalue weighted by atomic mass is 10.1. The summed E-state index contributed by atoms with van der Waals surface area (Å²) >= 11 is 3.07. The summed E-state index contributed by atoms with van der Waals surface area (Å²) in [4.78, 5) is 18.7. The number of benzene rings is 2. The molecule has 5 nitrogen and oxygen atoms in total. The second-order valence-corrected chi connectivity index (χ2v) is 11.8. The number of hydrogen-bond acceptors (Lipinski definition) is 6. The van der Waals surface area contributed by atoms with Gasteiger partial charge in [-0.2, -0.15) is 0 Å². The summed E-state index contributed by atoms with van der Waals surface area (Å²) in [6.45, 7) is 5.93. The number of amides is 1. The minimum atomic E-state index is -3.51. The van der Waals surface area contributed by atoms with Gasteiger partial charge in [-0.15, -0.1) is 22.7 Å². The van der Waals surface area contributed by atoms with Gasteiger partial charge >= 0.3 is 0 Å². The number of nitrogens with zero attached hydrogens (tertiary/aromatic N) is 1. The van der Waals surface area contributed by atoms with Crippen molar-refractivity contribution in [1.29, 1.82) is 0 Å². The van der Waals surface area contributed by atoms with Crippen molar-refractivity contribution in [1.82, 2.24) is 4.98 Å². The van der Waals surface area contributed by atoms with Crippen molar-refractivity contribution in [2.24, 2.45) is 0 Å². The van der Waals surface area contributed by atoms with Crippen LogP contribution in [0.15, 0.2) is 53.4 Å². The molecule has 8 heteroatoms. The van der Waals surface area contributed by atoms with Gasteiger partial charge in [-0.05, 0) is 50.6 Å². The van der Waals surface area contributed by atoms with Gasteiger partial charge in [0.25, 0.3) is 0 Å². The van der Waals surface area contributed by atoms with Crippen molar-refractivity contribution in [2.45, 2.75) is 32.1 Å². The predicted molar refractivity (Wildman–Crippen MR) is 129 cm³/mol. The first-order chi connectivity index (χ1) is 14.7. The second kappa shape index (κ2) is 8.53. The predicted octanol–water partition coefficient (Wildman–Crippen LogP) is 5.75. The maximum absolute atomic E-state index is 12.6. The van der Waals surface area contributed by atoms with Gasteiger partial charge in [0.2, 0.25) is 5.91 Å². The van der Waals surface area contributed by atoms with Crippen LogP contribution in [0.4, 0.5) is 5.00 Å². The second-order valence-electron chi connectivity index (χ2n) is 7.40. The van der Waals surface area contributed by atoms with Crippen LogP contribution < -0.4 is 5.32 Å². The van der Waals surface area contributed by atoms with Gasteiger partial charge in [0.15, 0.2) is 9.84 Å². The zero-order valence-electron chi connectivity index (χ0n) is 17.4. The van der Waals surface area contributed by atoms with Crippen molar-refractivity contribution in [3.8, 4) is 10.6 Å². The van der Waals surface area contributed by atoms with E-state index in [1.807, 2.05) is 45.0 Å². The number of aromatic nitrogens is 1. The molecule has 0 aliphatic heterocycles. The molecular weight excluding hydrogens is 448 g/mol. The van der Waals surface area contributed by atoms with E-state index in [1.165, 1.54) is 11.3 Å². The Hall–Kier alpha value is -2.55. The molecule has 31 heavy (non-hydrogen) atoms. The third-order valence-electron chi connectivity index (χ3n) is 5.12. The van der Waals surface area contributed by atoms with Crippen molar-refractivity contribution < 1.29 is 13.2 Å². The molecule has 0 atom stereocenters. The molecule has 0 aliphatic carbocycles. The van der Waals surface area contributed by atoms with Gasteiger partial charge in [0, 0.05) is 16.9 Å². The molecule has 4 rings (SSSR count). The summed E-state index contributed by atoms with van der Waals surface area (Å²) in [5.41, 5.74) is 3.90. The number of para-hydroxylation sites is 1. The first kappa shape index (κ1) is 21.7. The number of rotatable bonds is 6. The molecule has 2 aromatic heterocycles. The molecule has 0 fully saturated rings. The molecule has 1 N–H and O–H groups in total. The van der Waals surface area contributed by atoms with Crippen LogP contribution in [0.25, 0.3) is 20.8 Å². The van der Waals surface area contributed by atoms with Crippen LogP contribution >= 0.6 is 22.7 Å². The molecule has 0 bridgehead atoms. The smallest absolute Gasteiger partial charge is 0.226 e. The van der Waals surface area contributed by atoms with Crippen molar-refractivity contribution in [3.63, 3.8) is 0 Å². The SMILES string of the molecule is Cc1ccc(S(=O)(=O)CCC(=O)Nc2sc(C)c(C)c2-c2nc3ccccc3s2)cc1. The number of thiophene rings is 1. The van der Waals surface area contributed by atoms with E-state index < -0.39 is 9.84 Å². The fourth-order valence-corrected chi connectivity index (χ4v) is 6.69. The van der Waals surface area contributed by atoms with Crippen LogP contribution in [0.2, 0.25) is 0 Å². The topological polar surface area (TPSA) is 76.1 Å². The molecule has 1 amide bonds. The van der Waals surface area contributed by atoms with Gasteiger partial charge in [-0.3, -0.25) is 4.79 Å². The van der Waals surface area contributed by atoms with Gasteiger partial charge in [0.1, 0.15) is 10.0 Å². The number of carbonyl (C=O) groups is 1. The number of nitrogens with one attached hydrogen (secondary N) is 1. The molecule has 0 spiro atoms. The Bertz CT molecular complexity index is 1330. The number of aryl methyl sites for hydroxylation is 2. The van der Waals surface area contributed by atoms with Gasteiger partial charge in [-0.25, -0.2) is 13.4 Å². The monoisotopic (exact) mass is 470 g/mol. The van der Waals surface area contributed by atoms with E-state index in [2.05, 4.69) is 5.32 Å². The Kier molecular flexibility index (Phi) is 5.96. The van der Waals surface area contributed by atoms with Crippen molar-refractivity contribution in [2.75, 3.05) is 11.1 Å². The average Bonchev–Trinajstić information content (AvgIpc) is 3.27. The lowest BCUT2D eigenvalue weighted by molar-refractivity contribution is -0.115. The van der Waals surface area contributed by atoms with Crippen molar-refractivity contribution >= 4 is 53.6 Å². The zero-order chi connectivity index (χ0) is 22.2. The summed E-state index contributed by atoms with van der Waals surface area (Å²) in [6.07, 6.45) is -0.106. The van der Waals surface area contributed by atoms with Gasteiger partial charge in [0.05, 0.1) is 20.9 Å². The zero-order valence-corrected chi connectivity index (χ0v) is 19.9. The van der Waals surface area contributed by atoms with Crippen LogP contribution in [0.5, 0.6) is 0 Å². The Morgan fingerprint density at radius 3 is 2.42 bits per heavy atom. The van der Waals surface area contributed by atoms with E-state index in [0.717, 1.165) is 36.8 Å². The minimum absolute atomic E-state index is 0.106. The quantitative estimate of drug-likeness (QED) is 0.389. The maximum atomic E-state index is 12.6. The normalized spacial score (nSPS) is 11.7. The Morgan fingerprint density at radius 2 is 1.71 bits per heavy atom. The summed E-state index contributed by atoms with van der Waals surface area (Å²) in [7, 11) is -3.51. The number of sulfone groups is 1. The maximum Gasteiger partial charge on any atom is 0.226 e. The molecule has 0 unspecified atom stereocenters. The third kappa shape index (κ3) is 4.56. The molecule has 0 saturated carbocycles. The number of thiazole rings is 1. The molecular formula is C23H22N2O3S3. The Labute approximate surface area is 189 Å². The average molecular weight is 471 g/mol. The standard InChI is InChI=1S/C23H22N2O3S3/c1-14-8-10-17(11-9-14)31(27,28)13-12-20(26)25-23-21(15(2)16(3)29-23)22-24-18-6-4-5-7-19(18)30-22/h4-11H,12-13H2,1-3H3,(H,25,26). The summed E-state index contributed by atoms with van der Waals surface area (Å²) in [5, 5.41) is 4.50. The van der Waals surface area contributed by atoms with E-state index in [9.17, 15) is 13.2 Å². The first-order valence-corrected chi connectivity index (χ1v) is 13.1. The fourth-order valence-electron chi connectivity index (χ4n) is 3.23. The number of carbonyl (C=O) groups excluding carboxylic acids is 1. The first-order valence-electron chi connectivity index (χ1n) is 9.80. The van der Waals surface area contributed by atoms with E-state index >= 15 is 0 Å². The lowest BCUT2D eigenvalue weighted by Crippen LogP contribution is -2.17. The number of fused-ring (bicyclic) bond motifs is 1. The minimum Gasteiger partial charge on any atom is -0.317 e. The third-order valence-corrected chi connectivity index (χ3v) is 9.03. The summed E-state index contributed by atoms with van der Waals surface area (Å²) in [6, 6.07) is 14.6. The highest BCUT2D eigenvalue weighted by Gasteiger charge is 2.21. The molecule has 4 aromatic rings. The van der Waals surface area contributed by atoms with E-state index in [-0.39, 0.29) is 23.0 Å². The molecule has 2 heterocycles. The number of anilines is 1. The van der Waals surface area contributed by atoms with Crippen LogP contribution in [-0.4, -0.2) is 25.1 Å². The molecule has 2 aromatic carbocycles. The molecule has 0 aliphatic rings. The summed E-state index contributed by atoms with van der Waals surface area (Å²) in [5.74, 6) is -0.555.